The summed E-state index contributed by atoms with van der Waals surface area (Å²) in [6.07, 6.45) is 3.89. The van der Waals surface area contributed by atoms with Gasteiger partial charge >= 0.3 is 6.03 Å². The van der Waals surface area contributed by atoms with E-state index in [0.717, 1.165) is 19.6 Å². The normalized spacial score (nSPS) is 26.8. The Kier molecular flexibility index (Phi) is 4.14. The molecule has 0 radical (unpaired) electrons. The summed E-state index contributed by atoms with van der Waals surface area (Å²) < 4.78 is 0. The van der Waals surface area contributed by atoms with Gasteiger partial charge in [-0.05, 0) is 18.6 Å². The third-order valence-electron chi connectivity index (χ3n) is 2.88. The highest BCUT2D eigenvalue weighted by molar-refractivity contribution is 7.99. The molecule has 1 atom stereocenters. The van der Waals surface area contributed by atoms with Crippen LogP contribution in [-0.4, -0.2) is 42.7 Å². The lowest BCUT2D eigenvalue weighted by Gasteiger charge is -2.28. The highest BCUT2D eigenvalue weighted by Crippen LogP contribution is 2.24. The zero-order valence-corrected chi connectivity index (χ0v) is 9.74. The zero-order chi connectivity index (χ0) is 10.5. The molecule has 0 aromatic carbocycles. The summed E-state index contributed by atoms with van der Waals surface area (Å²) in [4.78, 5) is 11.4. The van der Waals surface area contributed by atoms with Crippen molar-refractivity contribution in [2.75, 3.05) is 25.4 Å². The SMILES string of the molecule is O=C(NCC1CCCCS1)NC1CNC1. The first-order chi connectivity index (χ1) is 7.34. The molecule has 2 rings (SSSR count). The Balaban J connectivity index is 1.57. The first-order valence-electron chi connectivity index (χ1n) is 5.71. The third-order valence-corrected chi connectivity index (χ3v) is 4.28. The number of hydrogen-bond acceptors (Lipinski definition) is 3. The second-order valence-electron chi connectivity index (χ2n) is 4.20. The summed E-state index contributed by atoms with van der Waals surface area (Å²) in [7, 11) is 0. The van der Waals surface area contributed by atoms with Crippen molar-refractivity contribution in [3.05, 3.63) is 0 Å². The molecule has 0 aromatic rings. The topological polar surface area (TPSA) is 53.2 Å². The Morgan fingerprint density at radius 3 is 2.87 bits per heavy atom. The molecule has 0 aliphatic carbocycles. The van der Waals surface area contributed by atoms with E-state index < -0.39 is 0 Å². The van der Waals surface area contributed by atoms with E-state index in [4.69, 9.17) is 0 Å². The molecule has 2 heterocycles. The molecule has 2 saturated heterocycles. The lowest BCUT2D eigenvalue weighted by atomic mass is 10.2. The van der Waals surface area contributed by atoms with Crippen molar-refractivity contribution in [3.8, 4) is 0 Å². The number of amides is 2. The van der Waals surface area contributed by atoms with E-state index in [1.54, 1.807) is 0 Å². The summed E-state index contributed by atoms with van der Waals surface area (Å²) in [5.41, 5.74) is 0. The fraction of sp³-hybridized carbons (Fsp3) is 0.900. The molecule has 2 amide bonds. The van der Waals surface area contributed by atoms with E-state index in [9.17, 15) is 4.79 Å². The molecule has 5 heteroatoms. The highest BCUT2D eigenvalue weighted by atomic mass is 32.2. The van der Waals surface area contributed by atoms with Gasteiger partial charge in [0.05, 0.1) is 6.04 Å². The molecule has 3 N–H and O–H groups in total. The van der Waals surface area contributed by atoms with Gasteiger partial charge in [0.2, 0.25) is 0 Å². The third kappa shape index (κ3) is 3.57. The quantitative estimate of drug-likeness (QED) is 0.662. The lowest BCUT2D eigenvalue weighted by molar-refractivity contribution is 0.231. The van der Waals surface area contributed by atoms with Crippen molar-refractivity contribution in [1.82, 2.24) is 16.0 Å². The van der Waals surface area contributed by atoms with Gasteiger partial charge < -0.3 is 16.0 Å². The molecule has 0 bridgehead atoms. The maximum atomic E-state index is 11.4. The molecule has 2 aliphatic rings. The van der Waals surface area contributed by atoms with Crippen LogP contribution in [0, 0.1) is 0 Å². The van der Waals surface area contributed by atoms with Crippen LogP contribution in [0.1, 0.15) is 19.3 Å². The number of rotatable bonds is 3. The van der Waals surface area contributed by atoms with Gasteiger partial charge in [0.1, 0.15) is 0 Å². The van der Waals surface area contributed by atoms with Crippen LogP contribution in [0.3, 0.4) is 0 Å². The molecule has 1 unspecified atom stereocenters. The van der Waals surface area contributed by atoms with Gasteiger partial charge in [-0.25, -0.2) is 4.79 Å². The van der Waals surface area contributed by atoms with Gasteiger partial charge in [0.25, 0.3) is 0 Å². The van der Waals surface area contributed by atoms with Crippen LogP contribution >= 0.6 is 11.8 Å². The Hall–Kier alpha value is -0.420. The Bertz CT molecular complexity index is 215. The number of carbonyl (C=O) groups excluding carboxylic acids is 1. The molecule has 2 aliphatic heterocycles. The van der Waals surface area contributed by atoms with Gasteiger partial charge in [-0.15, -0.1) is 0 Å². The predicted octanol–water partition coefficient (Wildman–Crippen LogP) is 0.543. The van der Waals surface area contributed by atoms with Crippen molar-refractivity contribution in [2.45, 2.75) is 30.6 Å². The van der Waals surface area contributed by atoms with Crippen molar-refractivity contribution >= 4 is 17.8 Å². The van der Waals surface area contributed by atoms with Crippen LogP contribution in [0.25, 0.3) is 0 Å². The highest BCUT2D eigenvalue weighted by Gasteiger charge is 2.19. The summed E-state index contributed by atoms with van der Waals surface area (Å²) in [6.45, 7) is 2.63. The van der Waals surface area contributed by atoms with Crippen LogP contribution in [0.5, 0.6) is 0 Å². The summed E-state index contributed by atoms with van der Waals surface area (Å²) >= 11 is 1.99. The average molecular weight is 229 g/mol. The number of carbonyl (C=O) groups is 1. The summed E-state index contributed by atoms with van der Waals surface area (Å²) in [5, 5.41) is 9.64. The number of nitrogens with one attached hydrogen (secondary N) is 3. The maximum Gasteiger partial charge on any atom is 0.315 e. The standard InChI is InChI=1S/C10H19N3OS/c14-10(13-8-5-11-6-8)12-7-9-3-1-2-4-15-9/h8-9,11H,1-7H2,(H2,12,13,14). The molecule has 4 nitrogen and oxygen atoms in total. The number of thioether (sulfide) groups is 1. The van der Waals surface area contributed by atoms with E-state index in [-0.39, 0.29) is 6.03 Å². The van der Waals surface area contributed by atoms with Crippen LogP contribution in [-0.2, 0) is 0 Å². The molecule has 0 spiro atoms. The van der Waals surface area contributed by atoms with Gasteiger partial charge in [0, 0.05) is 24.9 Å². The van der Waals surface area contributed by atoms with E-state index in [1.165, 1.54) is 25.0 Å². The first kappa shape index (κ1) is 11.1. The van der Waals surface area contributed by atoms with E-state index >= 15 is 0 Å². The van der Waals surface area contributed by atoms with Gasteiger partial charge in [-0.3, -0.25) is 0 Å². The van der Waals surface area contributed by atoms with Gasteiger partial charge in [0.15, 0.2) is 0 Å². The number of hydrogen-bond donors (Lipinski definition) is 3. The van der Waals surface area contributed by atoms with Crippen LogP contribution in [0.2, 0.25) is 0 Å². The Morgan fingerprint density at radius 1 is 1.40 bits per heavy atom. The van der Waals surface area contributed by atoms with Crippen molar-refractivity contribution in [3.63, 3.8) is 0 Å². The van der Waals surface area contributed by atoms with E-state index in [1.807, 2.05) is 11.8 Å². The summed E-state index contributed by atoms with van der Waals surface area (Å²) in [6, 6.07) is 0.330. The fourth-order valence-corrected chi connectivity index (χ4v) is 3.04. The molecule has 86 valence electrons. The minimum absolute atomic E-state index is 0.00678. The van der Waals surface area contributed by atoms with Crippen LogP contribution < -0.4 is 16.0 Å². The van der Waals surface area contributed by atoms with Crippen LogP contribution in [0.4, 0.5) is 4.79 Å². The van der Waals surface area contributed by atoms with Crippen molar-refractivity contribution in [1.29, 1.82) is 0 Å². The first-order valence-corrected chi connectivity index (χ1v) is 6.76. The molecular formula is C10H19N3OS. The number of urea groups is 1. The van der Waals surface area contributed by atoms with Gasteiger partial charge in [-0.2, -0.15) is 11.8 Å². The predicted molar refractivity (Wildman–Crippen MR) is 63.3 cm³/mol. The van der Waals surface area contributed by atoms with Crippen molar-refractivity contribution in [2.24, 2.45) is 0 Å². The minimum Gasteiger partial charge on any atom is -0.337 e. The van der Waals surface area contributed by atoms with E-state index in [0.29, 0.717) is 11.3 Å². The largest absolute Gasteiger partial charge is 0.337 e. The van der Waals surface area contributed by atoms with Gasteiger partial charge in [-0.1, -0.05) is 6.42 Å². The molecule has 15 heavy (non-hydrogen) atoms. The lowest BCUT2D eigenvalue weighted by Crippen LogP contribution is -2.59. The maximum absolute atomic E-state index is 11.4. The van der Waals surface area contributed by atoms with E-state index in [2.05, 4.69) is 16.0 Å². The summed E-state index contributed by atoms with van der Waals surface area (Å²) in [5.74, 6) is 1.25. The van der Waals surface area contributed by atoms with Crippen LogP contribution in [0.15, 0.2) is 0 Å². The van der Waals surface area contributed by atoms with Crippen molar-refractivity contribution < 1.29 is 4.79 Å². The Labute approximate surface area is 94.9 Å². The smallest absolute Gasteiger partial charge is 0.315 e. The fourth-order valence-electron chi connectivity index (χ4n) is 1.80. The monoisotopic (exact) mass is 229 g/mol. The second-order valence-corrected chi connectivity index (χ2v) is 5.61. The zero-order valence-electron chi connectivity index (χ0n) is 8.92. The molecule has 2 fully saturated rings. The molecule has 0 saturated carbocycles. The average Bonchev–Trinajstić information content (AvgIpc) is 2.22. The minimum atomic E-state index is -0.00678. The Morgan fingerprint density at radius 2 is 2.27 bits per heavy atom. The molecular weight excluding hydrogens is 210 g/mol. The molecule has 0 aromatic heterocycles. The second kappa shape index (κ2) is 5.61.